The number of carbonyl (C=O) groups excluding carboxylic acids is 2. The van der Waals surface area contributed by atoms with Crippen LogP contribution in [0.2, 0.25) is 0 Å². The maximum Gasteiger partial charge on any atom is 0.246 e. The number of hydrogen-bond donors (Lipinski definition) is 2. The first-order chi connectivity index (χ1) is 10.1. The van der Waals surface area contributed by atoms with Crippen molar-refractivity contribution in [3.05, 3.63) is 35.9 Å². The highest BCUT2D eigenvalue weighted by atomic mass is 16.2. The molecule has 0 aliphatic carbocycles. The largest absolute Gasteiger partial charge is 0.399 e. The third-order valence-electron chi connectivity index (χ3n) is 3.68. The number of benzene rings is 1. The first kappa shape index (κ1) is 15.1. The molecule has 2 rings (SSSR count). The molecule has 1 heterocycles. The normalized spacial score (nSPS) is 18.7. The van der Waals surface area contributed by atoms with Crippen LogP contribution in [0, 0.1) is 5.92 Å². The average Bonchev–Trinajstić information content (AvgIpc) is 2.52. The number of nitrogens with two attached hydrogens (primary N) is 1. The van der Waals surface area contributed by atoms with Gasteiger partial charge in [-0.15, -0.1) is 0 Å². The fourth-order valence-electron chi connectivity index (χ4n) is 2.53. The van der Waals surface area contributed by atoms with Crippen LogP contribution in [-0.4, -0.2) is 36.9 Å². The topological polar surface area (TPSA) is 75.4 Å². The van der Waals surface area contributed by atoms with Crippen molar-refractivity contribution in [3.8, 4) is 0 Å². The molecule has 1 unspecified atom stereocenters. The summed E-state index contributed by atoms with van der Waals surface area (Å²) in [6.45, 7) is 1.19. The Hall–Kier alpha value is -2.30. The van der Waals surface area contributed by atoms with Crippen LogP contribution in [0.5, 0.6) is 0 Å². The number of nitrogen functional groups attached to an aromatic ring is 1. The van der Waals surface area contributed by atoms with Gasteiger partial charge in [0.1, 0.15) is 0 Å². The molecule has 0 saturated carbocycles. The fourth-order valence-corrected chi connectivity index (χ4v) is 2.53. The summed E-state index contributed by atoms with van der Waals surface area (Å²) in [5, 5.41) is 2.65. The molecule has 2 amide bonds. The van der Waals surface area contributed by atoms with E-state index in [4.69, 9.17) is 5.73 Å². The van der Waals surface area contributed by atoms with E-state index in [-0.39, 0.29) is 17.7 Å². The van der Waals surface area contributed by atoms with Crippen LogP contribution in [0.25, 0.3) is 6.08 Å². The number of anilines is 1. The predicted molar refractivity (Wildman–Crippen MR) is 83.3 cm³/mol. The van der Waals surface area contributed by atoms with Crippen LogP contribution in [0.1, 0.15) is 18.4 Å². The summed E-state index contributed by atoms with van der Waals surface area (Å²) < 4.78 is 0. The van der Waals surface area contributed by atoms with Crippen LogP contribution >= 0.6 is 0 Å². The number of likely N-dealkylation sites (tertiary alicyclic amines) is 1. The maximum atomic E-state index is 12.2. The Bertz CT molecular complexity index is 554. The number of piperidine rings is 1. The molecule has 1 aromatic carbocycles. The van der Waals surface area contributed by atoms with Gasteiger partial charge in [-0.2, -0.15) is 0 Å². The van der Waals surface area contributed by atoms with Crippen molar-refractivity contribution in [1.82, 2.24) is 10.2 Å². The molecule has 1 fully saturated rings. The Morgan fingerprint density at radius 1 is 1.43 bits per heavy atom. The van der Waals surface area contributed by atoms with Gasteiger partial charge in [-0.1, -0.05) is 12.1 Å². The van der Waals surface area contributed by atoms with Crippen LogP contribution < -0.4 is 11.1 Å². The third-order valence-corrected chi connectivity index (χ3v) is 3.68. The van der Waals surface area contributed by atoms with Gasteiger partial charge in [0.2, 0.25) is 11.8 Å². The van der Waals surface area contributed by atoms with E-state index in [0.717, 1.165) is 18.4 Å². The van der Waals surface area contributed by atoms with Gasteiger partial charge in [-0.25, -0.2) is 0 Å². The molecular weight excluding hydrogens is 266 g/mol. The monoisotopic (exact) mass is 287 g/mol. The van der Waals surface area contributed by atoms with Gasteiger partial charge < -0.3 is 16.0 Å². The third kappa shape index (κ3) is 4.08. The molecule has 1 aromatic rings. The minimum Gasteiger partial charge on any atom is -0.399 e. The molecule has 0 radical (unpaired) electrons. The van der Waals surface area contributed by atoms with Crippen molar-refractivity contribution in [2.45, 2.75) is 12.8 Å². The van der Waals surface area contributed by atoms with Gasteiger partial charge in [0.15, 0.2) is 0 Å². The van der Waals surface area contributed by atoms with Crippen molar-refractivity contribution < 1.29 is 9.59 Å². The van der Waals surface area contributed by atoms with Crippen molar-refractivity contribution >= 4 is 23.6 Å². The summed E-state index contributed by atoms with van der Waals surface area (Å²) in [6.07, 6.45) is 4.99. The lowest BCUT2D eigenvalue weighted by atomic mass is 9.97. The Balaban J connectivity index is 1.98. The molecule has 0 spiro atoms. The Morgan fingerprint density at radius 3 is 2.95 bits per heavy atom. The highest BCUT2D eigenvalue weighted by molar-refractivity contribution is 5.92. The van der Waals surface area contributed by atoms with E-state index >= 15 is 0 Å². The van der Waals surface area contributed by atoms with Gasteiger partial charge in [-0.05, 0) is 36.6 Å². The van der Waals surface area contributed by atoms with Crippen molar-refractivity contribution in [2.75, 3.05) is 25.9 Å². The van der Waals surface area contributed by atoms with Crippen LogP contribution in [0.4, 0.5) is 5.69 Å². The lowest BCUT2D eigenvalue weighted by molar-refractivity contribution is -0.131. The van der Waals surface area contributed by atoms with Crippen molar-refractivity contribution in [1.29, 1.82) is 0 Å². The van der Waals surface area contributed by atoms with Crippen molar-refractivity contribution in [2.24, 2.45) is 5.92 Å². The summed E-state index contributed by atoms with van der Waals surface area (Å²) in [5.74, 6) is -0.160. The predicted octanol–water partition coefficient (Wildman–Crippen LogP) is 1.27. The fraction of sp³-hybridized carbons (Fsp3) is 0.375. The quantitative estimate of drug-likeness (QED) is 0.649. The average molecular weight is 287 g/mol. The first-order valence-corrected chi connectivity index (χ1v) is 7.14. The van der Waals surface area contributed by atoms with Gasteiger partial charge in [0, 0.05) is 31.9 Å². The molecule has 21 heavy (non-hydrogen) atoms. The minimum atomic E-state index is -0.103. The van der Waals surface area contributed by atoms with E-state index < -0.39 is 0 Å². The smallest absolute Gasteiger partial charge is 0.246 e. The van der Waals surface area contributed by atoms with Crippen LogP contribution in [0.3, 0.4) is 0 Å². The molecule has 5 nitrogen and oxygen atoms in total. The molecule has 1 aliphatic rings. The number of nitrogens with zero attached hydrogens (tertiary/aromatic N) is 1. The second-order valence-electron chi connectivity index (χ2n) is 5.24. The summed E-state index contributed by atoms with van der Waals surface area (Å²) >= 11 is 0. The van der Waals surface area contributed by atoms with Crippen LogP contribution in [0.15, 0.2) is 30.3 Å². The molecule has 0 bridgehead atoms. The van der Waals surface area contributed by atoms with Gasteiger partial charge >= 0.3 is 0 Å². The maximum absolute atomic E-state index is 12.2. The number of nitrogens with one attached hydrogen (secondary N) is 1. The van der Waals surface area contributed by atoms with E-state index in [1.165, 1.54) is 0 Å². The minimum absolute atomic E-state index is 0.00677. The number of carbonyl (C=O) groups is 2. The molecule has 112 valence electrons. The zero-order valence-corrected chi connectivity index (χ0v) is 12.2. The van der Waals surface area contributed by atoms with E-state index in [1.54, 1.807) is 30.2 Å². The lowest BCUT2D eigenvalue weighted by Crippen LogP contribution is -2.44. The molecule has 3 N–H and O–H groups in total. The first-order valence-electron chi connectivity index (χ1n) is 7.14. The highest BCUT2D eigenvalue weighted by Gasteiger charge is 2.26. The van der Waals surface area contributed by atoms with Gasteiger partial charge in [0.05, 0.1) is 5.92 Å². The van der Waals surface area contributed by atoms with E-state index in [1.807, 2.05) is 18.2 Å². The Kier molecular flexibility index (Phi) is 4.98. The summed E-state index contributed by atoms with van der Waals surface area (Å²) in [5.41, 5.74) is 7.26. The van der Waals surface area contributed by atoms with Gasteiger partial charge in [0.25, 0.3) is 0 Å². The lowest BCUT2D eigenvalue weighted by Gasteiger charge is -2.31. The molecule has 5 heteroatoms. The van der Waals surface area contributed by atoms with Crippen molar-refractivity contribution in [3.63, 3.8) is 0 Å². The zero-order chi connectivity index (χ0) is 15.2. The van der Waals surface area contributed by atoms with E-state index in [9.17, 15) is 9.59 Å². The van der Waals surface area contributed by atoms with Crippen LogP contribution in [-0.2, 0) is 9.59 Å². The number of rotatable bonds is 3. The summed E-state index contributed by atoms with van der Waals surface area (Å²) in [6, 6.07) is 7.36. The number of hydrogen-bond acceptors (Lipinski definition) is 3. The second kappa shape index (κ2) is 6.92. The second-order valence-corrected chi connectivity index (χ2v) is 5.24. The molecular formula is C16H21N3O2. The Labute approximate surface area is 124 Å². The SMILES string of the molecule is CNC(=O)C1CCCN(C(=O)/C=C/c2cccc(N)c2)C1. The molecule has 1 atom stereocenters. The zero-order valence-electron chi connectivity index (χ0n) is 12.2. The van der Waals surface area contributed by atoms with Gasteiger partial charge in [-0.3, -0.25) is 9.59 Å². The summed E-state index contributed by atoms with van der Waals surface area (Å²) in [4.78, 5) is 25.6. The van der Waals surface area contributed by atoms with E-state index in [0.29, 0.717) is 18.8 Å². The molecule has 1 aliphatic heterocycles. The number of amides is 2. The van der Waals surface area contributed by atoms with E-state index in [2.05, 4.69) is 5.32 Å². The molecule has 0 aromatic heterocycles. The molecule has 1 saturated heterocycles. The standard InChI is InChI=1S/C16H21N3O2/c1-18-16(21)13-5-3-9-19(11-13)15(20)8-7-12-4-2-6-14(17)10-12/h2,4,6-8,10,13H,3,5,9,11,17H2,1H3,(H,18,21)/b8-7+. The highest BCUT2D eigenvalue weighted by Crippen LogP contribution is 2.17. The summed E-state index contributed by atoms with van der Waals surface area (Å²) in [7, 11) is 1.63. The Morgan fingerprint density at radius 2 is 2.24 bits per heavy atom.